The number of hydrogen-bond donors (Lipinski definition) is 0. The van der Waals surface area contributed by atoms with Crippen molar-refractivity contribution in [1.82, 2.24) is 14.0 Å². The molecule has 5 heterocycles. The van der Waals surface area contributed by atoms with E-state index in [1.54, 1.807) is 11.3 Å². The van der Waals surface area contributed by atoms with Crippen LogP contribution in [0.4, 0.5) is 0 Å². The summed E-state index contributed by atoms with van der Waals surface area (Å²) in [5, 5.41) is 9.46. The Labute approximate surface area is 224 Å². The SMILES string of the molecule is [Ir].[c-]1csc2c1c1ncc(C3(n4c5ccccc5c5ccccc54)CCCCC3)n1c1sccc21. The van der Waals surface area contributed by atoms with Crippen molar-refractivity contribution in [1.29, 1.82) is 0 Å². The molecule has 7 aromatic rings. The number of imidazole rings is 1. The van der Waals surface area contributed by atoms with Gasteiger partial charge in [0, 0.05) is 53.8 Å². The van der Waals surface area contributed by atoms with Gasteiger partial charge in [0.2, 0.25) is 0 Å². The normalized spacial score (nSPS) is 16.0. The van der Waals surface area contributed by atoms with E-state index in [0.717, 1.165) is 23.9 Å². The van der Waals surface area contributed by atoms with Crippen LogP contribution in [-0.4, -0.2) is 14.0 Å². The second kappa shape index (κ2) is 8.01. The molecule has 0 aliphatic heterocycles. The van der Waals surface area contributed by atoms with Crippen LogP contribution in [0.2, 0.25) is 0 Å². The molecule has 8 rings (SSSR count). The van der Waals surface area contributed by atoms with E-state index >= 15 is 0 Å². The van der Waals surface area contributed by atoms with Crippen LogP contribution in [0.25, 0.3) is 47.8 Å². The maximum Gasteiger partial charge on any atom is 0.0862 e. The van der Waals surface area contributed by atoms with Crippen LogP contribution in [0, 0.1) is 6.07 Å². The predicted octanol–water partition coefficient (Wildman–Crippen LogP) is 8.38. The quantitative estimate of drug-likeness (QED) is 0.170. The molecule has 3 nitrogen and oxygen atoms in total. The Bertz CT molecular complexity index is 1780. The summed E-state index contributed by atoms with van der Waals surface area (Å²) in [6, 6.07) is 23.6. The zero-order chi connectivity index (χ0) is 22.3. The number of rotatable bonds is 2. The first kappa shape index (κ1) is 21.8. The molecular formula is C29H22IrN3S2-. The topological polar surface area (TPSA) is 22.2 Å². The van der Waals surface area contributed by atoms with Crippen LogP contribution in [0.1, 0.15) is 37.8 Å². The van der Waals surface area contributed by atoms with Crippen LogP contribution in [-0.2, 0) is 25.6 Å². The number of para-hydroxylation sites is 2. The van der Waals surface area contributed by atoms with Crippen molar-refractivity contribution in [3.63, 3.8) is 0 Å². The van der Waals surface area contributed by atoms with Crippen molar-refractivity contribution < 1.29 is 20.1 Å². The van der Waals surface area contributed by atoms with Crippen molar-refractivity contribution in [3.8, 4) is 0 Å². The Morgan fingerprint density at radius 1 is 0.829 bits per heavy atom. The van der Waals surface area contributed by atoms with E-state index in [9.17, 15) is 0 Å². The standard InChI is InChI=1S/C29H22N3S2.Ir/c1-6-14-29(15-7-1,32-23-10-4-2-8-19(23)20-9-3-5-11-24(20)32)25-18-30-27-21-12-16-33-26(21)22-13-17-34-28(22)31(25)27;/h2-5,8-11,13,16-18H,1,6-7,14-15H2;/q-1;. The predicted molar refractivity (Wildman–Crippen MR) is 144 cm³/mol. The van der Waals surface area contributed by atoms with E-state index in [0.29, 0.717) is 0 Å². The third-order valence-corrected chi connectivity index (χ3v) is 9.64. The van der Waals surface area contributed by atoms with Gasteiger partial charge in [-0.15, -0.1) is 16.7 Å². The molecule has 1 saturated carbocycles. The Balaban J connectivity index is 0.00000210. The maximum atomic E-state index is 5.07. The summed E-state index contributed by atoms with van der Waals surface area (Å²) in [4.78, 5) is 6.37. The zero-order valence-electron chi connectivity index (χ0n) is 19.0. The molecule has 2 aromatic carbocycles. The smallest absolute Gasteiger partial charge is 0.0862 e. The number of fused-ring (bicyclic) bond motifs is 9. The van der Waals surface area contributed by atoms with Crippen molar-refractivity contribution >= 4 is 70.4 Å². The van der Waals surface area contributed by atoms with Crippen LogP contribution in [0.5, 0.6) is 0 Å². The molecule has 1 aliphatic rings. The fraction of sp³-hybridized carbons (Fsp3) is 0.207. The molecule has 0 amide bonds. The molecule has 0 unspecified atom stereocenters. The summed E-state index contributed by atoms with van der Waals surface area (Å²) < 4.78 is 6.44. The molecule has 175 valence electrons. The first-order valence-corrected chi connectivity index (χ1v) is 13.8. The van der Waals surface area contributed by atoms with Gasteiger partial charge in [-0.3, -0.25) is 0 Å². The Hall–Kier alpha value is -2.50. The molecular weight excluding hydrogens is 647 g/mol. The van der Waals surface area contributed by atoms with Crippen molar-refractivity contribution in [2.24, 2.45) is 0 Å². The van der Waals surface area contributed by atoms with Gasteiger partial charge < -0.3 is 14.0 Å². The van der Waals surface area contributed by atoms with Crippen LogP contribution in [0.15, 0.2) is 71.6 Å². The first-order chi connectivity index (χ1) is 16.9. The molecule has 5 aromatic heterocycles. The van der Waals surface area contributed by atoms with Crippen LogP contribution < -0.4 is 0 Å². The number of hydrogen-bond acceptors (Lipinski definition) is 3. The summed E-state index contributed by atoms with van der Waals surface area (Å²) in [5.41, 5.74) is 4.88. The minimum Gasteiger partial charge on any atom is -0.341 e. The Morgan fingerprint density at radius 3 is 2.29 bits per heavy atom. The molecule has 0 spiro atoms. The molecule has 35 heavy (non-hydrogen) atoms. The second-order valence-electron chi connectivity index (χ2n) is 9.49. The molecule has 0 N–H and O–H groups in total. The minimum atomic E-state index is -0.138. The van der Waals surface area contributed by atoms with E-state index in [4.69, 9.17) is 4.98 Å². The van der Waals surface area contributed by atoms with E-state index in [-0.39, 0.29) is 25.6 Å². The van der Waals surface area contributed by atoms with Gasteiger partial charge in [0.15, 0.2) is 0 Å². The van der Waals surface area contributed by atoms with Gasteiger partial charge in [0.1, 0.15) is 0 Å². The molecule has 6 heteroatoms. The summed E-state index contributed by atoms with van der Waals surface area (Å²) in [7, 11) is 0. The number of aromatic nitrogens is 3. The Kier molecular flexibility index (Phi) is 4.98. The van der Waals surface area contributed by atoms with Gasteiger partial charge in [-0.2, -0.15) is 6.07 Å². The molecule has 1 fully saturated rings. The molecule has 0 saturated heterocycles. The summed E-state index contributed by atoms with van der Waals surface area (Å²) in [6.07, 6.45) is 8.19. The van der Waals surface area contributed by atoms with Crippen molar-refractivity contribution in [2.45, 2.75) is 37.6 Å². The van der Waals surface area contributed by atoms with Crippen molar-refractivity contribution in [2.75, 3.05) is 0 Å². The number of pyridine rings is 1. The van der Waals surface area contributed by atoms with E-state index < -0.39 is 0 Å². The fourth-order valence-corrected chi connectivity index (χ4v) is 8.30. The molecule has 0 bridgehead atoms. The fourth-order valence-electron chi connectivity index (χ4n) is 6.46. The molecule has 1 radical (unpaired) electrons. The van der Waals surface area contributed by atoms with Gasteiger partial charge in [-0.05, 0) is 35.7 Å². The van der Waals surface area contributed by atoms with Gasteiger partial charge in [0.05, 0.1) is 16.1 Å². The van der Waals surface area contributed by atoms with E-state index in [1.165, 1.54) is 61.7 Å². The number of thiophene rings is 2. The van der Waals surface area contributed by atoms with Crippen LogP contribution >= 0.6 is 22.7 Å². The second-order valence-corrected chi connectivity index (χ2v) is 11.3. The third kappa shape index (κ3) is 2.83. The van der Waals surface area contributed by atoms with E-state index in [2.05, 4.69) is 86.6 Å². The summed E-state index contributed by atoms with van der Waals surface area (Å²) in [6.45, 7) is 0. The number of benzene rings is 2. The van der Waals surface area contributed by atoms with E-state index in [1.807, 2.05) is 11.3 Å². The minimum absolute atomic E-state index is 0. The maximum absolute atomic E-state index is 5.07. The zero-order valence-corrected chi connectivity index (χ0v) is 23.0. The van der Waals surface area contributed by atoms with Gasteiger partial charge in [0.25, 0.3) is 0 Å². The number of nitrogens with zero attached hydrogens (tertiary/aromatic N) is 3. The first-order valence-electron chi connectivity index (χ1n) is 12.0. The summed E-state index contributed by atoms with van der Waals surface area (Å²) in [5.74, 6) is 0. The van der Waals surface area contributed by atoms with Gasteiger partial charge in [-0.1, -0.05) is 71.8 Å². The summed E-state index contributed by atoms with van der Waals surface area (Å²) >= 11 is 3.60. The average Bonchev–Trinajstić information content (AvgIpc) is 3.67. The largest absolute Gasteiger partial charge is 0.341 e. The Morgan fingerprint density at radius 2 is 1.54 bits per heavy atom. The van der Waals surface area contributed by atoms with Crippen molar-refractivity contribution in [3.05, 3.63) is 83.3 Å². The average molecular weight is 669 g/mol. The molecule has 1 aliphatic carbocycles. The van der Waals surface area contributed by atoms with Gasteiger partial charge in [-0.25, -0.2) is 11.3 Å². The van der Waals surface area contributed by atoms with Gasteiger partial charge >= 0.3 is 0 Å². The monoisotopic (exact) mass is 669 g/mol. The van der Waals surface area contributed by atoms with Crippen LogP contribution in [0.3, 0.4) is 0 Å². The third-order valence-electron chi connectivity index (χ3n) is 7.85. The molecule has 0 atom stereocenters.